The lowest BCUT2D eigenvalue weighted by molar-refractivity contribution is -0.133. The van der Waals surface area contributed by atoms with Gasteiger partial charge >= 0.3 is 0 Å². The highest BCUT2D eigenvalue weighted by Crippen LogP contribution is 2.39. The summed E-state index contributed by atoms with van der Waals surface area (Å²) in [5.74, 6) is -0.0658. The van der Waals surface area contributed by atoms with Crippen LogP contribution in [0.25, 0.3) is 28.2 Å². The second-order valence-corrected chi connectivity index (χ2v) is 9.87. The predicted octanol–water partition coefficient (Wildman–Crippen LogP) is 5.59. The Kier molecular flexibility index (Phi) is 6.65. The van der Waals surface area contributed by atoms with Crippen molar-refractivity contribution in [3.63, 3.8) is 0 Å². The predicted molar refractivity (Wildman–Crippen MR) is 138 cm³/mol. The van der Waals surface area contributed by atoms with Crippen LogP contribution in [-0.2, 0) is 4.79 Å². The number of amides is 1. The Morgan fingerprint density at radius 2 is 1.94 bits per heavy atom. The fourth-order valence-electron chi connectivity index (χ4n) is 5.18. The van der Waals surface area contributed by atoms with Crippen LogP contribution in [0.15, 0.2) is 24.4 Å². The lowest BCUT2D eigenvalue weighted by Crippen LogP contribution is -2.40. The number of carbonyl (C=O) groups is 1. The van der Waals surface area contributed by atoms with Gasteiger partial charge in [-0.15, -0.1) is 0 Å². The van der Waals surface area contributed by atoms with Crippen molar-refractivity contribution >= 4 is 46.0 Å². The number of hydrogen-bond donors (Lipinski definition) is 2. The summed E-state index contributed by atoms with van der Waals surface area (Å²) in [4.78, 5) is 19.3. The van der Waals surface area contributed by atoms with E-state index in [0.29, 0.717) is 24.0 Å². The van der Waals surface area contributed by atoms with E-state index in [0.717, 1.165) is 62.6 Å². The Morgan fingerprint density at radius 1 is 1.11 bits per heavy atom. The van der Waals surface area contributed by atoms with Crippen LogP contribution >= 0.6 is 11.6 Å². The summed E-state index contributed by atoms with van der Waals surface area (Å²) in [6.45, 7) is 1.31. The number of anilines is 2. The zero-order valence-electron chi connectivity index (χ0n) is 19.6. The van der Waals surface area contributed by atoms with Crippen LogP contribution in [0, 0.1) is 5.82 Å². The average Bonchev–Trinajstić information content (AvgIpc) is 3.25. The number of nitrogens with two attached hydrogens (primary N) is 2. The van der Waals surface area contributed by atoms with Crippen molar-refractivity contribution in [3.8, 4) is 11.3 Å². The van der Waals surface area contributed by atoms with E-state index >= 15 is 4.39 Å². The summed E-state index contributed by atoms with van der Waals surface area (Å²) < 4.78 is 17.0. The first-order valence-electron chi connectivity index (χ1n) is 12.3. The molecule has 3 aromatic rings. The van der Waals surface area contributed by atoms with Crippen molar-refractivity contribution in [2.75, 3.05) is 24.6 Å². The summed E-state index contributed by atoms with van der Waals surface area (Å²) in [5, 5.41) is 5.63. The molecule has 5 rings (SSSR count). The Bertz CT molecular complexity index is 1300. The first-order valence-corrected chi connectivity index (χ1v) is 12.7. The number of hydrogen-bond acceptors (Lipinski definition) is 5. The van der Waals surface area contributed by atoms with Gasteiger partial charge in [0.25, 0.3) is 0 Å². The van der Waals surface area contributed by atoms with Gasteiger partial charge in [-0.25, -0.2) is 9.37 Å². The molecule has 35 heavy (non-hydrogen) atoms. The van der Waals surface area contributed by atoms with Crippen molar-refractivity contribution in [1.29, 1.82) is 0 Å². The monoisotopic (exact) mass is 496 g/mol. The molecule has 0 saturated carbocycles. The molecular formula is C26H30ClFN6O. The second-order valence-electron chi connectivity index (χ2n) is 9.46. The third kappa shape index (κ3) is 4.59. The van der Waals surface area contributed by atoms with Gasteiger partial charge in [0, 0.05) is 36.8 Å². The molecule has 2 aromatic heterocycles. The number of allylic oxidation sites excluding steroid dienone is 1. The lowest BCUT2D eigenvalue weighted by atomic mass is 10.0. The molecule has 0 spiro atoms. The molecule has 184 valence electrons. The van der Waals surface area contributed by atoms with Crippen molar-refractivity contribution in [3.05, 3.63) is 40.8 Å². The normalized spacial score (nSPS) is 20.5. The summed E-state index contributed by atoms with van der Waals surface area (Å²) in [6, 6.07) is 2.63. The van der Waals surface area contributed by atoms with Crippen molar-refractivity contribution in [2.24, 2.45) is 0 Å². The number of halogens is 2. The van der Waals surface area contributed by atoms with Crippen LogP contribution in [0.5, 0.6) is 0 Å². The SMILES string of the molecule is Nc1cc(-c2nn3c4c(cnc(N)c24)/C=C/CCCCCCC(=O)N2CCC[C@@H]3C2)c(F)cc1Cl. The van der Waals surface area contributed by atoms with Crippen LogP contribution in [-0.4, -0.2) is 38.7 Å². The third-order valence-electron chi connectivity index (χ3n) is 7.03. The van der Waals surface area contributed by atoms with E-state index in [4.69, 9.17) is 28.2 Å². The number of piperidine rings is 1. The van der Waals surface area contributed by atoms with Gasteiger partial charge in [-0.1, -0.05) is 36.6 Å². The smallest absolute Gasteiger partial charge is 0.222 e. The van der Waals surface area contributed by atoms with Crippen LogP contribution in [0.2, 0.25) is 5.02 Å². The maximum atomic E-state index is 15.1. The van der Waals surface area contributed by atoms with Crippen molar-refractivity contribution < 1.29 is 9.18 Å². The zero-order chi connectivity index (χ0) is 24.5. The Hall–Kier alpha value is -3.13. The van der Waals surface area contributed by atoms with E-state index in [1.54, 1.807) is 6.20 Å². The summed E-state index contributed by atoms with van der Waals surface area (Å²) >= 11 is 6.05. The lowest BCUT2D eigenvalue weighted by Gasteiger charge is -2.33. The molecule has 0 unspecified atom stereocenters. The fraction of sp³-hybridized carbons (Fsp3) is 0.423. The largest absolute Gasteiger partial charge is 0.398 e. The van der Waals surface area contributed by atoms with Gasteiger partial charge in [-0.3, -0.25) is 9.48 Å². The number of carbonyl (C=O) groups excluding carboxylic acids is 1. The summed E-state index contributed by atoms with van der Waals surface area (Å²) in [6.07, 6.45) is 13.3. The van der Waals surface area contributed by atoms with Gasteiger partial charge in [0.2, 0.25) is 5.91 Å². The molecule has 1 fully saturated rings. The highest BCUT2D eigenvalue weighted by Gasteiger charge is 2.29. The molecule has 1 saturated heterocycles. The van der Waals surface area contributed by atoms with Gasteiger partial charge in [0.05, 0.1) is 27.7 Å². The van der Waals surface area contributed by atoms with E-state index in [1.807, 2.05) is 9.58 Å². The van der Waals surface area contributed by atoms with Crippen molar-refractivity contribution in [2.45, 2.75) is 57.4 Å². The Morgan fingerprint density at radius 3 is 2.80 bits per heavy atom. The molecule has 2 aliphatic heterocycles. The van der Waals surface area contributed by atoms with Gasteiger partial charge < -0.3 is 16.4 Å². The zero-order valence-corrected chi connectivity index (χ0v) is 20.4. The number of nitrogen functional groups attached to an aromatic ring is 2. The minimum absolute atomic E-state index is 0.0595. The molecule has 1 atom stereocenters. The molecule has 4 N–H and O–H groups in total. The first-order chi connectivity index (χ1) is 16.9. The highest BCUT2D eigenvalue weighted by atomic mass is 35.5. The fourth-order valence-corrected chi connectivity index (χ4v) is 5.33. The third-order valence-corrected chi connectivity index (χ3v) is 7.36. The molecule has 1 amide bonds. The van der Waals surface area contributed by atoms with Gasteiger partial charge in [-0.2, -0.15) is 5.10 Å². The molecule has 7 nitrogen and oxygen atoms in total. The van der Waals surface area contributed by atoms with E-state index in [1.165, 1.54) is 12.1 Å². The maximum absolute atomic E-state index is 15.1. The van der Waals surface area contributed by atoms with Crippen LogP contribution in [0.3, 0.4) is 0 Å². The summed E-state index contributed by atoms with van der Waals surface area (Å²) in [7, 11) is 0. The highest BCUT2D eigenvalue weighted by molar-refractivity contribution is 6.33. The molecule has 9 heteroatoms. The number of benzene rings is 1. The number of pyridine rings is 1. The van der Waals surface area contributed by atoms with E-state index in [9.17, 15) is 4.79 Å². The molecule has 2 bridgehead atoms. The average molecular weight is 497 g/mol. The number of nitrogens with zero attached hydrogens (tertiary/aromatic N) is 4. The van der Waals surface area contributed by atoms with Gasteiger partial charge in [0.15, 0.2) is 0 Å². The Labute approximate surface area is 208 Å². The van der Waals surface area contributed by atoms with Gasteiger partial charge in [0.1, 0.15) is 17.3 Å². The molecular weight excluding hydrogens is 467 g/mol. The molecule has 0 radical (unpaired) electrons. The van der Waals surface area contributed by atoms with E-state index in [2.05, 4.69) is 17.1 Å². The maximum Gasteiger partial charge on any atom is 0.222 e. The summed E-state index contributed by atoms with van der Waals surface area (Å²) in [5.41, 5.74) is 14.9. The van der Waals surface area contributed by atoms with Gasteiger partial charge in [-0.05, 0) is 44.2 Å². The molecule has 1 aromatic carbocycles. The minimum atomic E-state index is -0.529. The number of fused-ring (bicyclic) bond motifs is 3. The van der Waals surface area contributed by atoms with Crippen LogP contribution in [0.4, 0.5) is 15.9 Å². The van der Waals surface area contributed by atoms with Crippen molar-refractivity contribution in [1.82, 2.24) is 19.7 Å². The van der Waals surface area contributed by atoms with Crippen LogP contribution in [0.1, 0.15) is 63.0 Å². The van der Waals surface area contributed by atoms with Crippen LogP contribution < -0.4 is 11.5 Å². The number of rotatable bonds is 1. The topological polar surface area (TPSA) is 103 Å². The standard InChI is InChI=1S/C26H30ClFN6O/c27-19-13-20(28)18(12-21(19)29)24-23-25-16(14-31-26(23)30)8-5-3-1-2-4-6-10-22(35)33-11-7-9-17(15-33)34(25)32-24/h5,8,12-14,17H,1-4,6-7,9-11,15,29H2,(H2,30,31)/b8-5+/t17-/m1/s1. The quantitative estimate of drug-likeness (QED) is 0.428. The molecule has 4 heterocycles. The van der Waals surface area contributed by atoms with E-state index < -0.39 is 5.82 Å². The Balaban J connectivity index is 1.72. The molecule has 2 aliphatic rings. The minimum Gasteiger partial charge on any atom is -0.398 e. The second kappa shape index (κ2) is 9.85. The molecule has 0 aliphatic carbocycles. The first kappa shape index (κ1) is 23.6. The van der Waals surface area contributed by atoms with E-state index in [-0.39, 0.29) is 34.0 Å². The number of aromatic nitrogens is 3.